The van der Waals surface area contributed by atoms with Crippen LogP contribution in [0.4, 0.5) is 0 Å². The van der Waals surface area contributed by atoms with Crippen LogP contribution >= 0.6 is 23.2 Å². The third-order valence-corrected chi connectivity index (χ3v) is 11.9. The fourth-order valence-corrected chi connectivity index (χ4v) is 5.06. The predicted molar refractivity (Wildman–Crippen MR) is 152 cm³/mol. The van der Waals surface area contributed by atoms with Crippen molar-refractivity contribution >= 4 is 43.1 Å². The van der Waals surface area contributed by atoms with Gasteiger partial charge in [0.15, 0.2) is 14.0 Å². The molecule has 0 N–H and O–H groups in total. The summed E-state index contributed by atoms with van der Waals surface area (Å²) in [6, 6.07) is 15.0. The van der Waals surface area contributed by atoms with E-state index < -0.39 is 14.3 Å². The van der Waals surface area contributed by atoms with Gasteiger partial charge in [-0.2, -0.15) is 5.10 Å². The summed E-state index contributed by atoms with van der Waals surface area (Å²) < 4.78 is 13.6. The molecule has 2 heterocycles. The second-order valence-electron chi connectivity index (χ2n) is 10.3. The minimum absolute atomic E-state index is 0.000193. The van der Waals surface area contributed by atoms with Gasteiger partial charge in [0.2, 0.25) is 0 Å². The van der Waals surface area contributed by atoms with Crippen molar-refractivity contribution in [2.45, 2.75) is 52.4 Å². The third kappa shape index (κ3) is 5.45. The summed E-state index contributed by atoms with van der Waals surface area (Å²) in [6.07, 6.45) is 1.73. The molecule has 0 aliphatic heterocycles. The molecular formula is C28H31Cl2N3O3Si. The molecular weight excluding hydrogens is 525 g/mol. The summed E-state index contributed by atoms with van der Waals surface area (Å²) in [5.74, 6) is -0.480. The molecule has 0 bridgehead atoms. The summed E-state index contributed by atoms with van der Waals surface area (Å²) >= 11 is 12.8. The molecule has 4 rings (SSSR count). The first-order valence-electron chi connectivity index (χ1n) is 12.2. The van der Waals surface area contributed by atoms with Gasteiger partial charge < -0.3 is 9.16 Å². The number of hydrogen-bond donors (Lipinski definition) is 0. The molecule has 2 aromatic carbocycles. The van der Waals surface area contributed by atoms with Crippen LogP contribution in [-0.4, -0.2) is 35.5 Å². The van der Waals surface area contributed by atoms with Gasteiger partial charge in [0.25, 0.3) is 0 Å². The predicted octanol–water partition coefficient (Wildman–Crippen LogP) is 8.07. The topological polar surface area (TPSA) is 65.7 Å². The van der Waals surface area contributed by atoms with Crippen LogP contribution in [0.25, 0.3) is 28.0 Å². The van der Waals surface area contributed by atoms with E-state index in [2.05, 4.69) is 33.9 Å². The average Bonchev–Trinajstić information content (AvgIpc) is 3.21. The highest BCUT2D eigenvalue weighted by Gasteiger charge is 2.38. The van der Waals surface area contributed by atoms with Crippen LogP contribution in [0.3, 0.4) is 0 Å². The molecule has 0 spiro atoms. The van der Waals surface area contributed by atoms with E-state index in [1.54, 1.807) is 17.6 Å². The Bertz CT molecular complexity index is 1440. The van der Waals surface area contributed by atoms with Gasteiger partial charge in [-0.25, -0.2) is 14.3 Å². The first kappa shape index (κ1) is 27.3. The molecule has 0 atom stereocenters. The Hall–Kier alpha value is -2.71. The van der Waals surface area contributed by atoms with Gasteiger partial charge in [0.05, 0.1) is 18.9 Å². The normalized spacial score (nSPS) is 12.2. The number of aromatic nitrogens is 3. The first-order valence-corrected chi connectivity index (χ1v) is 15.8. The Morgan fingerprint density at radius 2 is 1.70 bits per heavy atom. The highest BCUT2D eigenvalue weighted by atomic mass is 35.5. The van der Waals surface area contributed by atoms with Gasteiger partial charge in [-0.15, -0.1) is 0 Å². The maximum absolute atomic E-state index is 13.2. The molecule has 6 nitrogen and oxygen atoms in total. The number of carbonyl (C=O) groups excluding carboxylic acids is 1. The molecule has 0 radical (unpaired) electrons. The lowest BCUT2D eigenvalue weighted by Gasteiger charge is -2.35. The maximum Gasteiger partial charge on any atom is 0.344 e. The summed E-state index contributed by atoms with van der Waals surface area (Å²) in [4.78, 5) is 17.9. The molecule has 2 aromatic heterocycles. The number of carbonyl (C=O) groups is 1. The van der Waals surface area contributed by atoms with E-state index in [0.717, 1.165) is 22.4 Å². The molecule has 0 fully saturated rings. The van der Waals surface area contributed by atoms with Gasteiger partial charge in [-0.1, -0.05) is 74.3 Å². The SMILES string of the molecule is CCOC(=O)c1c(CO[Si](C)(C)C(C)(C)C)nn2c(-c3ccc(Cl)cc3)c(-c3ccccc3Cl)cnc12. The Labute approximate surface area is 228 Å². The zero-order valence-electron chi connectivity index (χ0n) is 21.9. The van der Waals surface area contributed by atoms with Crippen LogP contribution in [0.15, 0.2) is 54.7 Å². The minimum atomic E-state index is -2.12. The lowest BCUT2D eigenvalue weighted by atomic mass is 10.0. The molecule has 37 heavy (non-hydrogen) atoms. The van der Waals surface area contributed by atoms with Gasteiger partial charge in [-0.3, -0.25) is 0 Å². The summed E-state index contributed by atoms with van der Waals surface area (Å²) in [7, 11) is -2.12. The third-order valence-electron chi connectivity index (χ3n) is 6.85. The number of fused-ring (bicyclic) bond motifs is 1. The van der Waals surface area contributed by atoms with Crippen LogP contribution in [0.2, 0.25) is 28.2 Å². The second-order valence-corrected chi connectivity index (χ2v) is 16.0. The fraction of sp³-hybridized carbons (Fsp3) is 0.321. The summed E-state index contributed by atoms with van der Waals surface area (Å²) in [6.45, 7) is 13.0. The number of esters is 1. The number of benzene rings is 2. The van der Waals surface area contributed by atoms with E-state index in [-0.39, 0.29) is 18.3 Å². The molecule has 0 aliphatic rings. The van der Waals surface area contributed by atoms with Gasteiger partial charge >= 0.3 is 5.97 Å². The van der Waals surface area contributed by atoms with Crippen molar-refractivity contribution in [3.8, 4) is 22.4 Å². The lowest BCUT2D eigenvalue weighted by molar-refractivity contribution is 0.0525. The fourth-order valence-electron chi connectivity index (χ4n) is 3.77. The highest BCUT2D eigenvalue weighted by molar-refractivity contribution is 6.74. The van der Waals surface area contributed by atoms with E-state index in [1.807, 2.05) is 48.5 Å². The van der Waals surface area contributed by atoms with E-state index in [1.165, 1.54) is 0 Å². The van der Waals surface area contributed by atoms with Crippen molar-refractivity contribution < 1.29 is 14.0 Å². The molecule has 4 aromatic rings. The zero-order valence-corrected chi connectivity index (χ0v) is 24.4. The number of nitrogens with zero attached hydrogens (tertiary/aromatic N) is 3. The van der Waals surface area contributed by atoms with E-state index in [0.29, 0.717) is 26.9 Å². The van der Waals surface area contributed by atoms with Crippen LogP contribution in [0.1, 0.15) is 43.7 Å². The number of rotatable bonds is 7. The average molecular weight is 557 g/mol. The van der Waals surface area contributed by atoms with Crippen LogP contribution in [0, 0.1) is 0 Å². The van der Waals surface area contributed by atoms with Crippen LogP contribution in [-0.2, 0) is 15.8 Å². The standard InChI is InChI=1S/C28H31Cl2N3O3Si/c1-7-35-27(34)24-23(17-36-37(5,6)28(2,3)4)32-33-25(18-12-14-19(29)15-13-18)21(16-31-26(24)33)20-10-8-9-11-22(20)30/h8-16H,7,17H2,1-6H3. The largest absolute Gasteiger partial charge is 0.462 e. The highest BCUT2D eigenvalue weighted by Crippen LogP contribution is 2.39. The Morgan fingerprint density at radius 3 is 2.32 bits per heavy atom. The van der Waals surface area contributed by atoms with Gasteiger partial charge in [-0.05, 0) is 43.3 Å². The van der Waals surface area contributed by atoms with E-state index in [9.17, 15) is 4.79 Å². The van der Waals surface area contributed by atoms with E-state index in [4.69, 9.17) is 42.4 Å². The molecule has 0 saturated carbocycles. The number of ether oxygens (including phenoxy) is 1. The minimum Gasteiger partial charge on any atom is -0.462 e. The van der Waals surface area contributed by atoms with E-state index >= 15 is 0 Å². The maximum atomic E-state index is 13.2. The molecule has 0 saturated heterocycles. The van der Waals surface area contributed by atoms with Crippen molar-refractivity contribution in [3.05, 3.63) is 76.0 Å². The van der Waals surface area contributed by atoms with Crippen molar-refractivity contribution in [2.24, 2.45) is 0 Å². The second kappa shape index (κ2) is 10.6. The van der Waals surface area contributed by atoms with Crippen LogP contribution in [0.5, 0.6) is 0 Å². The molecule has 0 unspecified atom stereocenters. The Balaban J connectivity index is 1.99. The van der Waals surface area contributed by atoms with Gasteiger partial charge in [0.1, 0.15) is 11.3 Å². The van der Waals surface area contributed by atoms with Crippen molar-refractivity contribution in [3.63, 3.8) is 0 Å². The Morgan fingerprint density at radius 1 is 1.03 bits per heavy atom. The van der Waals surface area contributed by atoms with Gasteiger partial charge in [0, 0.05) is 32.9 Å². The quantitative estimate of drug-likeness (QED) is 0.170. The first-order chi connectivity index (χ1) is 17.4. The molecule has 0 aliphatic carbocycles. The summed E-state index contributed by atoms with van der Waals surface area (Å²) in [5, 5.41) is 6.09. The summed E-state index contributed by atoms with van der Waals surface area (Å²) in [5.41, 5.74) is 4.35. The molecule has 194 valence electrons. The number of halogens is 2. The van der Waals surface area contributed by atoms with Crippen LogP contribution < -0.4 is 0 Å². The number of hydrogen-bond acceptors (Lipinski definition) is 5. The molecule has 9 heteroatoms. The van der Waals surface area contributed by atoms with Crippen molar-refractivity contribution in [2.75, 3.05) is 6.61 Å². The monoisotopic (exact) mass is 555 g/mol. The Kier molecular flexibility index (Phi) is 7.81. The van der Waals surface area contributed by atoms with Crippen molar-refractivity contribution in [1.82, 2.24) is 14.6 Å². The molecule has 0 amide bonds. The zero-order chi connectivity index (χ0) is 27.0. The lowest BCUT2D eigenvalue weighted by Crippen LogP contribution is -2.40. The smallest absolute Gasteiger partial charge is 0.344 e. The van der Waals surface area contributed by atoms with Crippen molar-refractivity contribution in [1.29, 1.82) is 0 Å².